The van der Waals surface area contributed by atoms with Crippen LogP contribution < -0.4 is 10.0 Å². The highest BCUT2D eigenvalue weighted by atomic mass is 32.2. The Hall–Kier alpha value is -1.61. The van der Waals surface area contributed by atoms with Crippen molar-refractivity contribution in [3.63, 3.8) is 0 Å². The number of guanidine groups is 1. The van der Waals surface area contributed by atoms with Crippen molar-refractivity contribution < 1.29 is 8.42 Å². The third kappa shape index (κ3) is 5.98. The van der Waals surface area contributed by atoms with Crippen LogP contribution in [-0.2, 0) is 10.0 Å². The molecule has 1 saturated heterocycles. The highest BCUT2D eigenvalue weighted by molar-refractivity contribution is 7.89. The fraction of sp³-hybridized carbons (Fsp3) is 0.765. The van der Waals surface area contributed by atoms with E-state index in [9.17, 15) is 8.42 Å². The van der Waals surface area contributed by atoms with Crippen molar-refractivity contribution in [3.05, 3.63) is 18.7 Å². The van der Waals surface area contributed by atoms with Crippen LogP contribution in [-0.4, -0.2) is 67.3 Å². The molecule has 1 aromatic rings. The summed E-state index contributed by atoms with van der Waals surface area (Å²) in [4.78, 5) is 11.2. The van der Waals surface area contributed by atoms with Gasteiger partial charge in [0.1, 0.15) is 0 Å². The second-order valence-corrected chi connectivity index (χ2v) is 8.77. The Balaban J connectivity index is 1.93. The summed E-state index contributed by atoms with van der Waals surface area (Å²) in [6.45, 7) is 9.67. The van der Waals surface area contributed by atoms with Gasteiger partial charge in [0.2, 0.25) is 10.0 Å². The van der Waals surface area contributed by atoms with Crippen LogP contribution in [0.2, 0.25) is 0 Å². The largest absolute Gasteiger partial charge is 0.357 e. The van der Waals surface area contributed by atoms with E-state index in [0.717, 1.165) is 32.0 Å². The molecule has 8 nitrogen and oxygen atoms in total. The first-order valence-corrected chi connectivity index (χ1v) is 11.1. The zero-order chi connectivity index (χ0) is 19.0. The van der Waals surface area contributed by atoms with Gasteiger partial charge in [0.15, 0.2) is 5.96 Å². The molecule has 0 saturated carbocycles. The van der Waals surface area contributed by atoms with E-state index in [1.807, 2.05) is 18.7 Å². The molecule has 9 heteroatoms. The minimum Gasteiger partial charge on any atom is -0.357 e. The Labute approximate surface area is 157 Å². The molecule has 2 unspecified atom stereocenters. The van der Waals surface area contributed by atoms with Crippen molar-refractivity contribution in [1.29, 1.82) is 0 Å². The summed E-state index contributed by atoms with van der Waals surface area (Å²) in [7, 11) is -3.12. The molecule has 1 fully saturated rings. The Morgan fingerprint density at radius 2 is 2.19 bits per heavy atom. The summed E-state index contributed by atoms with van der Waals surface area (Å²) < 4.78 is 27.7. The van der Waals surface area contributed by atoms with E-state index in [1.165, 1.54) is 0 Å². The number of piperidine rings is 1. The number of hydrogen-bond acceptors (Lipinski definition) is 4. The maximum absolute atomic E-state index is 11.5. The van der Waals surface area contributed by atoms with Crippen LogP contribution in [0.4, 0.5) is 0 Å². The SMILES string of the molecule is CCNC(=NCCCNS(=O)(=O)CC)N1CCC(C)C(n2ccnc2)C1. The monoisotopic (exact) mass is 384 g/mol. The molecule has 1 aliphatic heterocycles. The van der Waals surface area contributed by atoms with E-state index in [4.69, 9.17) is 4.99 Å². The summed E-state index contributed by atoms with van der Waals surface area (Å²) >= 11 is 0. The molecule has 2 heterocycles. The van der Waals surface area contributed by atoms with E-state index in [-0.39, 0.29) is 5.75 Å². The summed E-state index contributed by atoms with van der Waals surface area (Å²) in [5.41, 5.74) is 0. The predicted octanol–water partition coefficient (Wildman–Crippen LogP) is 1.06. The van der Waals surface area contributed by atoms with Gasteiger partial charge in [-0.1, -0.05) is 6.92 Å². The van der Waals surface area contributed by atoms with Gasteiger partial charge in [-0.15, -0.1) is 0 Å². The molecule has 0 aromatic carbocycles. The predicted molar refractivity (Wildman–Crippen MR) is 105 cm³/mol. The zero-order valence-corrected chi connectivity index (χ0v) is 16.9. The molecule has 26 heavy (non-hydrogen) atoms. The first-order valence-electron chi connectivity index (χ1n) is 9.44. The number of aromatic nitrogens is 2. The number of sulfonamides is 1. The number of rotatable bonds is 8. The number of nitrogens with zero attached hydrogens (tertiary/aromatic N) is 4. The highest BCUT2D eigenvalue weighted by Crippen LogP contribution is 2.27. The van der Waals surface area contributed by atoms with E-state index in [2.05, 4.69) is 38.3 Å². The minimum atomic E-state index is -3.12. The van der Waals surface area contributed by atoms with Crippen LogP contribution in [0, 0.1) is 5.92 Å². The molecule has 0 bridgehead atoms. The van der Waals surface area contributed by atoms with Crippen molar-refractivity contribution in [2.75, 3.05) is 38.5 Å². The standard InChI is InChI=1S/C17H32N6O2S/c1-4-19-17(20-8-6-9-21-26(24,25)5-2)22-11-7-15(3)16(13-22)23-12-10-18-14-23/h10,12,14-16,21H,4-9,11,13H2,1-3H3,(H,19,20). The average Bonchev–Trinajstić information content (AvgIpc) is 3.15. The molecule has 2 rings (SSSR count). The third-order valence-corrected chi connectivity index (χ3v) is 6.16. The van der Waals surface area contributed by atoms with Gasteiger partial charge in [-0.25, -0.2) is 18.1 Å². The summed E-state index contributed by atoms with van der Waals surface area (Å²) in [5, 5.41) is 3.36. The fourth-order valence-electron chi connectivity index (χ4n) is 3.11. The Morgan fingerprint density at radius 3 is 2.85 bits per heavy atom. The maximum atomic E-state index is 11.5. The molecule has 1 aromatic heterocycles. The molecule has 2 atom stereocenters. The topological polar surface area (TPSA) is 91.6 Å². The van der Waals surface area contributed by atoms with E-state index < -0.39 is 10.0 Å². The number of nitrogens with one attached hydrogen (secondary N) is 2. The molecule has 2 N–H and O–H groups in total. The van der Waals surface area contributed by atoms with Crippen molar-refractivity contribution in [1.82, 2.24) is 24.5 Å². The van der Waals surface area contributed by atoms with Gasteiger partial charge >= 0.3 is 0 Å². The van der Waals surface area contributed by atoms with Crippen LogP contribution in [0.1, 0.15) is 39.7 Å². The Bertz CT molecular complexity index is 659. The molecule has 0 aliphatic carbocycles. The van der Waals surface area contributed by atoms with Crippen LogP contribution in [0.3, 0.4) is 0 Å². The summed E-state index contributed by atoms with van der Waals surface area (Å²) in [6, 6.07) is 0.381. The normalized spacial score (nSPS) is 21.8. The van der Waals surface area contributed by atoms with Crippen LogP contribution in [0.25, 0.3) is 0 Å². The zero-order valence-electron chi connectivity index (χ0n) is 16.1. The third-order valence-electron chi connectivity index (χ3n) is 4.76. The molecular weight excluding hydrogens is 352 g/mol. The lowest BCUT2D eigenvalue weighted by molar-refractivity contribution is 0.189. The Kier molecular flexibility index (Phi) is 7.89. The van der Waals surface area contributed by atoms with Gasteiger partial charge < -0.3 is 14.8 Å². The van der Waals surface area contributed by atoms with E-state index in [1.54, 1.807) is 6.92 Å². The van der Waals surface area contributed by atoms with Crippen molar-refractivity contribution in [2.45, 2.75) is 39.7 Å². The first kappa shape index (κ1) is 20.7. The van der Waals surface area contributed by atoms with Crippen LogP contribution in [0.5, 0.6) is 0 Å². The van der Waals surface area contributed by atoms with E-state index >= 15 is 0 Å². The number of likely N-dealkylation sites (tertiary alicyclic amines) is 1. The van der Waals surface area contributed by atoms with Gasteiger partial charge in [-0.2, -0.15) is 0 Å². The van der Waals surface area contributed by atoms with Gasteiger partial charge in [-0.05, 0) is 32.6 Å². The highest BCUT2D eigenvalue weighted by Gasteiger charge is 2.28. The minimum absolute atomic E-state index is 0.112. The van der Waals surface area contributed by atoms with Gasteiger partial charge in [0.05, 0.1) is 18.1 Å². The van der Waals surface area contributed by atoms with Crippen LogP contribution >= 0.6 is 0 Å². The lowest BCUT2D eigenvalue weighted by Crippen LogP contribution is -2.49. The van der Waals surface area contributed by atoms with Gasteiger partial charge in [0.25, 0.3) is 0 Å². The molecule has 1 aliphatic rings. The quantitative estimate of drug-likeness (QED) is 0.397. The molecular formula is C17H32N6O2S. The molecule has 0 amide bonds. The van der Waals surface area contributed by atoms with Crippen molar-refractivity contribution in [3.8, 4) is 0 Å². The molecule has 0 radical (unpaired) electrons. The van der Waals surface area contributed by atoms with E-state index in [0.29, 0.717) is 31.5 Å². The van der Waals surface area contributed by atoms with Crippen LogP contribution in [0.15, 0.2) is 23.7 Å². The number of imidazole rings is 1. The van der Waals surface area contributed by atoms with Crippen molar-refractivity contribution >= 4 is 16.0 Å². The van der Waals surface area contributed by atoms with Gasteiger partial charge in [0, 0.05) is 45.1 Å². The van der Waals surface area contributed by atoms with Gasteiger partial charge in [-0.3, -0.25) is 4.99 Å². The number of hydrogen-bond donors (Lipinski definition) is 2. The summed E-state index contributed by atoms with van der Waals surface area (Å²) in [5.74, 6) is 1.61. The first-order chi connectivity index (χ1) is 12.5. The number of aliphatic imine (C=N–C) groups is 1. The second kappa shape index (κ2) is 9.91. The lowest BCUT2D eigenvalue weighted by Gasteiger charge is -2.39. The fourth-order valence-corrected chi connectivity index (χ4v) is 3.77. The molecule has 148 valence electrons. The second-order valence-electron chi connectivity index (χ2n) is 6.68. The van der Waals surface area contributed by atoms with Crippen molar-refractivity contribution in [2.24, 2.45) is 10.9 Å². The average molecular weight is 385 g/mol. The maximum Gasteiger partial charge on any atom is 0.211 e. The smallest absolute Gasteiger partial charge is 0.211 e. The Morgan fingerprint density at radius 1 is 1.38 bits per heavy atom. The molecule has 0 spiro atoms. The lowest BCUT2D eigenvalue weighted by atomic mass is 9.93. The summed E-state index contributed by atoms with van der Waals surface area (Å²) in [6.07, 6.45) is 7.51.